The third-order valence-corrected chi connectivity index (χ3v) is 11.4. The Balaban J connectivity index is 1.55. The molecule has 3 nitrogen and oxygen atoms in total. The van der Waals surface area contributed by atoms with Crippen molar-refractivity contribution in [3.63, 3.8) is 0 Å². The number of hydrogen-bond donors (Lipinski definition) is 0. The summed E-state index contributed by atoms with van der Waals surface area (Å²) in [4.78, 5) is 9.52. The van der Waals surface area contributed by atoms with Crippen LogP contribution in [0.3, 0.4) is 0 Å². The van der Waals surface area contributed by atoms with Crippen molar-refractivity contribution in [3.8, 4) is 28.3 Å². The van der Waals surface area contributed by atoms with Crippen molar-refractivity contribution < 1.29 is 4.74 Å². The molecule has 0 atom stereocenters. The maximum absolute atomic E-state index is 6.32. The van der Waals surface area contributed by atoms with Gasteiger partial charge in [0.05, 0.1) is 14.7 Å². The lowest BCUT2D eigenvalue weighted by Gasteiger charge is -2.24. The minimum atomic E-state index is -1.49. The van der Waals surface area contributed by atoms with E-state index in [0.717, 1.165) is 53.6 Å². The normalized spacial score (nSPS) is 14.7. The zero-order chi connectivity index (χ0) is 25.4. The molecule has 0 radical (unpaired) electrons. The topological polar surface area (TPSA) is 35.0 Å². The summed E-state index contributed by atoms with van der Waals surface area (Å²) < 4.78 is 6.32. The fourth-order valence-corrected chi connectivity index (χ4v) is 7.93. The third-order valence-electron chi connectivity index (χ3n) is 7.88. The standard InChI is InChI=1S/C32H44N2OSi/c1-5-7-20-35-31-22-29(36(3,4)21-8-6-2)18-19-30(31)28-23-33-32(34-24-28)27-16-14-26(15-17-27)25-12-10-9-11-13-25/h14-19,22-25H,5-13,20-21H2,1-4H3. The summed E-state index contributed by atoms with van der Waals surface area (Å²) in [6.45, 7) is 10.2. The lowest BCUT2D eigenvalue weighted by atomic mass is 9.84. The highest BCUT2D eigenvalue weighted by atomic mass is 28.3. The highest BCUT2D eigenvalue weighted by Crippen LogP contribution is 2.34. The van der Waals surface area contributed by atoms with Crippen LogP contribution in [0.15, 0.2) is 54.9 Å². The first-order chi connectivity index (χ1) is 17.5. The summed E-state index contributed by atoms with van der Waals surface area (Å²) in [5.74, 6) is 2.48. The van der Waals surface area contributed by atoms with E-state index >= 15 is 0 Å². The quantitative estimate of drug-likeness (QED) is 0.195. The summed E-state index contributed by atoms with van der Waals surface area (Å²) in [7, 11) is -1.49. The maximum Gasteiger partial charge on any atom is 0.159 e. The van der Waals surface area contributed by atoms with Gasteiger partial charge < -0.3 is 4.74 Å². The fraction of sp³-hybridized carbons (Fsp3) is 0.500. The van der Waals surface area contributed by atoms with Gasteiger partial charge in [0, 0.05) is 29.1 Å². The Hall–Kier alpha value is -2.46. The molecule has 0 unspecified atom stereocenters. The van der Waals surface area contributed by atoms with E-state index in [2.05, 4.69) is 69.4 Å². The largest absolute Gasteiger partial charge is 0.493 e. The zero-order valence-electron chi connectivity index (χ0n) is 22.9. The van der Waals surface area contributed by atoms with Crippen LogP contribution in [0.5, 0.6) is 5.75 Å². The van der Waals surface area contributed by atoms with Crippen LogP contribution < -0.4 is 9.92 Å². The molecule has 1 aromatic heterocycles. The Morgan fingerprint density at radius 3 is 2.19 bits per heavy atom. The van der Waals surface area contributed by atoms with E-state index in [1.165, 1.54) is 61.7 Å². The summed E-state index contributed by atoms with van der Waals surface area (Å²) in [5.41, 5.74) is 4.66. The van der Waals surface area contributed by atoms with Gasteiger partial charge in [-0.1, -0.05) is 113 Å². The van der Waals surface area contributed by atoms with Crippen LogP contribution in [0, 0.1) is 0 Å². The molecular formula is C32H44N2OSi. The molecule has 0 bridgehead atoms. The van der Waals surface area contributed by atoms with E-state index < -0.39 is 8.07 Å². The SMILES string of the molecule is CCCCOc1cc([Si](C)(C)CCCC)ccc1-c1cnc(-c2ccc(C3CCCCC3)cc2)nc1. The smallest absolute Gasteiger partial charge is 0.159 e. The third kappa shape index (κ3) is 6.64. The molecule has 1 aliphatic carbocycles. The summed E-state index contributed by atoms with van der Waals surface area (Å²) in [6, 6.07) is 17.1. The van der Waals surface area contributed by atoms with Crippen LogP contribution in [-0.4, -0.2) is 24.6 Å². The average molecular weight is 501 g/mol. The van der Waals surface area contributed by atoms with Crippen molar-refractivity contribution in [2.24, 2.45) is 0 Å². The molecule has 0 saturated heterocycles. The molecule has 0 spiro atoms. The van der Waals surface area contributed by atoms with Gasteiger partial charge >= 0.3 is 0 Å². The van der Waals surface area contributed by atoms with E-state index in [0.29, 0.717) is 0 Å². The van der Waals surface area contributed by atoms with Crippen LogP contribution >= 0.6 is 0 Å². The molecule has 1 aliphatic rings. The molecule has 4 heteroatoms. The average Bonchev–Trinajstić information content (AvgIpc) is 2.93. The van der Waals surface area contributed by atoms with Gasteiger partial charge in [0.2, 0.25) is 0 Å². The summed E-state index contributed by atoms with van der Waals surface area (Å²) >= 11 is 0. The van der Waals surface area contributed by atoms with Crippen LogP contribution in [0.4, 0.5) is 0 Å². The number of benzene rings is 2. The van der Waals surface area contributed by atoms with Crippen molar-refractivity contribution in [3.05, 3.63) is 60.4 Å². The summed E-state index contributed by atoms with van der Waals surface area (Å²) in [6.07, 6.45) is 15.4. The molecule has 2 aromatic carbocycles. The van der Waals surface area contributed by atoms with Gasteiger partial charge in [-0.25, -0.2) is 9.97 Å². The van der Waals surface area contributed by atoms with Crippen molar-refractivity contribution in [1.82, 2.24) is 9.97 Å². The fourth-order valence-electron chi connectivity index (χ4n) is 5.35. The highest BCUT2D eigenvalue weighted by Gasteiger charge is 2.24. The number of aromatic nitrogens is 2. The predicted octanol–water partition coefficient (Wildman–Crippen LogP) is 8.75. The number of ether oxygens (including phenoxy) is 1. The van der Waals surface area contributed by atoms with Gasteiger partial charge in [0.1, 0.15) is 5.75 Å². The van der Waals surface area contributed by atoms with Crippen LogP contribution in [-0.2, 0) is 0 Å². The second-order valence-electron chi connectivity index (χ2n) is 11.2. The van der Waals surface area contributed by atoms with E-state index in [1.807, 2.05) is 12.4 Å². The Kier molecular flexibility index (Phi) is 9.36. The molecule has 1 heterocycles. The molecule has 1 saturated carbocycles. The Bertz CT molecular complexity index is 1090. The Morgan fingerprint density at radius 1 is 0.833 bits per heavy atom. The predicted molar refractivity (Wildman–Crippen MR) is 156 cm³/mol. The van der Waals surface area contributed by atoms with Crippen molar-refractivity contribution in [1.29, 1.82) is 0 Å². The van der Waals surface area contributed by atoms with E-state index in [-0.39, 0.29) is 0 Å². The molecule has 4 rings (SSSR count). The second kappa shape index (κ2) is 12.7. The molecular weight excluding hydrogens is 456 g/mol. The maximum atomic E-state index is 6.32. The van der Waals surface area contributed by atoms with Gasteiger partial charge in [0.15, 0.2) is 5.82 Å². The second-order valence-corrected chi connectivity index (χ2v) is 16.0. The van der Waals surface area contributed by atoms with Gasteiger partial charge in [-0.3, -0.25) is 0 Å². The number of unbranched alkanes of at least 4 members (excludes halogenated alkanes) is 2. The Labute approximate surface area is 219 Å². The zero-order valence-corrected chi connectivity index (χ0v) is 23.9. The molecule has 0 amide bonds. The minimum Gasteiger partial charge on any atom is -0.493 e. The monoisotopic (exact) mass is 500 g/mol. The van der Waals surface area contributed by atoms with Gasteiger partial charge in [-0.2, -0.15) is 0 Å². The minimum absolute atomic E-state index is 0.722. The Morgan fingerprint density at radius 2 is 1.53 bits per heavy atom. The van der Waals surface area contributed by atoms with E-state index in [1.54, 1.807) is 0 Å². The lowest BCUT2D eigenvalue weighted by molar-refractivity contribution is 0.311. The van der Waals surface area contributed by atoms with Crippen LogP contribution in [0.25, 0.3) is 22.5 Å². The molecule has 1 fully saturated rings. The van der Waals surface area contributed by atoms with Crippen LogP contribution in [0.2, 0.25) is 19.1 Å². The summed E-state index contributed by atoms with van der Waals surface area (Å²) in [5, 5.41) is 1.47. The molecule has 192 valence electrons. The van der Waals surface area contributed by atoms with Gasteiger partial charge in [0.25, 0.3) is 0 Å². The first kappa shape index (κ1) is 26.6. The number of rotatable bonds is 11. The van der Waals surface area contributed by atoms with E-state index in [4.69, 9.17) is 14.7 Å². The van der Waals surface area contributed by atoms with Crippen molar-refractivity contribution >= 4 is 13.3 Å². The van der Waals surface area contributed by atoms with Crippen LogP contribution in [0.1, 0.15) is 83.1 Å². The molecule has 3 aromatic rings. The van der Waals surface area contributed by atoms with Gasteiger partial charge in [-0.05, 0) is 36.8 Å². The van der Waals surface area contributed by atoms with Gasteiger partial charge in [-0.15, -0.1) is 0 Å². The first-order valence-corrected chi connectivity index (χ1v) is 17.4. The highest BCUT2D eigenvalue weighted by molar-refractivity contribution is 6.89. The molecule has 0 aliphatic heterocycles. The van der Waals surface area contributed by atoms with E-state index in [9.17, 15) is 0 Å². The lowest BCUT2D eigenvalue weighted by Crippen LogP contribution is -2.41. The number of hydrogen-bond acceptors (Lipinski definition) is 3. The van der Waals surface area contributed by atoms with Crippen molar-refractivity contribution in [2.75, 3.05) is 6.61 Å². The number of nitrogens with zero attached hydrogens (tertiary/aromatic N) is 2. The molecule has 0 N–H and O–H groups in total. The first-order valence-electron chi connectivity index (χ1n) is 14.2. The molecule has 36 heavy (non-hydrogen) atoms. The van der Waals surface area contributed by atoms with Crippen molar-refractivity contribution in [2.45, 2.75) is 96.7 Å².